The Labute approximate surface area is 218 Å². The number of nitrogens with one attached hydrogen (secondary N) is 1. The van der Waals surface area contributed by atoms with Crippen LogP contribution in [0.15, 0.2) is 90.0 Å². The smallest absolute Gasteiger partial charge is 0.264 e. The summed E-state index contributed by atoms with van der Waals surface area (Å²) in [6.07, 6.45) is 2.08. The van der Waals surface area contributed by atoms with E-state index in [9.17, 15) is 13.2 Å². The Bertz CT molecular complexity index is 1480. The van der Waals surface area contributed by atoms with E-state index >= 15 is 0 Å². The minimum absolute atomic E-state index is 0.0440. The third kappa shape index (κ3) is 5.59. The second kappa shape index (κ2) is 11.4. The largest absolute Gasteiger partial charge is 0.481 e. The first kappa shape index (κ1) is 26.2. The summed E-state index contributed by atoms with van der Waals surface area (Å²) in [7, 11) is -2.41. The van der Waals surface area contributed by atoms with Gasteiger partial charge < -0.3 is 10.1 Å². The molecule has 0 saturated carbocycles. The maximum absolute atomic E-state index is 13.7. The SMILES string of the molecule is CCC(C(=O)NCCN(c1ccc(OC)nc1)S(=O)(=O)c1ccccc1C)c1cccc2ccccc12. The molecule has 8 heteroatoms. The number of aromatic nitrogens is 1. The molecule has 0 aliphatic heterocycles. The number of carbonyl (C=O) groups is 1. The van der Waals surface area contributed by atoms with E-state index in [0.29, 0.717) is 23.6 Å². The summed E-state index contributed by atoms with van der Waals surface area (Å²) in [5.41, 5.74) is 1.99. The van der Waals surface area contributed by atoms with Crippen LogP contribution >= 0.6 is 0 Å². The Morgan fingerprint density at radius 2 is 1.73 bits per heavy atom. The van der Waals surface area contributed by atoms with Crippen molar-refractivity contribution in [3.63, 3.8) is 0 Å². The second-order valence-electron chi connectivity index (χ2n) is 8.72. The Morgan fingerprint density at radius 3 is 2.43 bits per heavy atom. The number of carbonyl (C=O) groups excluding carboxylic acids is 1. The Balaban J connectivity index is 1.57. The van der Waals surface area contributed by atoms with Crippen LogP contribution in [0, 0.1) is 6.92 Å². The number of pyridine rings is 1. The highest BCUT2D eigenvalue weighted by Crippen LogP contribution is 2.29. The molecule has 1 atom stereocenters. The van der Waals surface area contributed by atoms with Gasteiger partial charge in [-0.1, -0.05) is 67.6 Å². The first-order chi connectivity index (χ1) is 17.9. The van der Waals surface area contributed by atoms with E-state index in [-0.39, 0.29) is 29.8 Å². The summed E-state index contributed by atoms with van der Waals surface area (Å²) in [5, 5.41) is 5.09. The molecule has 0 aliphatic carbocycles. The van der Waals surface area contributed by atoms with Gasteiger partial charge in [0.2, 0.25) is 11.8 Å². The van der Waals surface area contributed by atoms with Crippen molar-refractivity contribution < 1.29 is 17.9 Å². The lowest BCUT2D eigenvalue weighted by molar-refractivity contribution is -0.122. The van der Waals surface area contributed by atoms with Crippen molar-refractivity contribution in [2.24, 2.45) is 0 Å². The molecule has 3 aromatic carbocycles. The predicted octanol–water partition coefficient (Wildman–Crippen LogP) is 5.06. The third-order valence-corrected chi connectivity index (χ3v) is 8.40. The van der Waals surface area contributed by atoms with E-state index in [1.165, 1.54) is 17.6 Å². The molecule has 0 saturated heterocycles. The molecule has 1 amide bonds. The number of aryl methyl sites for hydroxylation is 1. The van der Waals surface area contributed by atoms with Gasteiger partial charge in [-0.2, -0.15) is 0 Å². The molecule has 4 rings (SSSR count). The number of fused-ring (bicyclic) bond motifs is 1. The number of benzene rings is 3. The molecule has 0 fully saturated rings. The molecule has 0 spiro atoms. The summed E-state index contributed by atoms with van der Waals surface area (Å²) in [5.74, 6) is -0.110. The fourth-order valence-electron chi connectivity index (χ4n) is 4.50. The van der Waals surface area contributed by atoms with Crippen molar-refractivity contribution >= 4 is 32.4 Å². The second-order valence-corrected chi connectivity index (χ2v) is 10.6. The molecular weight excluding hydrogens is 486 g/mol. The van der Waals surface area contributed by atoms with Gasteiger partial charge >= 0.3 is 0 Å². The molecule has 1 heterocycles. The number of hydrogen-bond donors (Lipinski definition) is 1. The van der Waals surface area contributed by atoms with Gasteiger partial charge in [0.15, 0.2) is 0 Å². The number of nitrogens with zero attached hydrogens (tertiary/aromatic N) is 2. The van der Waals surface area contributed by atoms with Gasteiger partial charge in [0.05, 0.1) is 36.4 Å². The fraction of sp³-hybridized carbons (Fsp3) is 0.241. The number of sulfonamides is 1. The highest BCUT2D eigenvalue weighted by atomic mass is 32.2. The van der Waals surface area contributed by atoms with Gasteiger partial charge in [0.1, 0.15) is 0 Å². The van der Waals surface area contributed by atoms with E-state index in [4.69, 9.17) is 4.74 Å². The molecule has 1 aromatic heterocycles. The normalized spacial score (nSPS) is 12.2. The molecular formula is C29H31N3O4S. The van der Waals surface area contributed by atoms with Crippen molar-refractivity contribution in [2.45, 2.75) is 31.1 Å². The van der Waals surface area contributed by atoms with Crippen LogP contribution in [0.1, 0.15) is 30.4 Å². The van der Waals surface area contributed by atoms with Crippen LogP contribution in [0.3, 0.4) is 0 Å². The zero-order valence-electron chi connectivity index (χ0n) is 21.2. The number of ether oxygens (including phenoxy) is 1. The molecule has 0 bridgehead atoms. The van der Waals surface area contributed by atoms with E-state index in [0.717, 1.165) is 16.3 Å². The van der Waals surface area contributed by atoms with Crippen LogP contribution in [-0.4, -0.2) is 39.5 Å². The van der Waals surface area contributed by atoms with Gasteiger partial charge in [0, 0.05) is 12.6 Å². The van der Waals surface area contributed by atoms with Gasteiger partial charge in [-0.3, -0.25) is 9.10 Å². The van der Waals surface area contributed by atoms with E-state index in [1.54, 1.807) is 43.3 Å². The Kier molecular flexibility index (Phi) is 8.08. The highest BCUT2D eigenvalue weighted by molar-refractivity contribution is 7.92. The summed E-state index contributed by atoms with van der Waals surface area (Å²) >= 11 is 0. The number of anilines is 1. The molecule has 0 radical (unpaired) electrons. The maximum atomic E-state index is 13.7. The van der Waals surface area contributed by atoms with Crippen LogP contribution in [0.2, 0.25) is 0 Å². The summed E-state index contributed by atoms with van der Waals surface area (Å²) < 4.78 is 33.8. The molecule has 1 unspecified atom stereocenters. The summed E-state index contributed by atoms with van der Waals surface area (Å²) in [6, 6.07) is 24.1. The molecule has 192 valence electrons. The quantitative estimate of drug-likeness (QED) is 0.318. The van der Waals surface area contributed by atoms with Crippen LogP contribution < -0.4 is 14.4 Å². The molecule has 7 nitrogen and oxygen atoms in total. The van der Waals surface area contributed by atoms with Crippen molar-refractivity contribution in [1.82, 2.24) is 10.3 Å². The number of rotatable bonds is 10. The first-order valence-electron chi connectivity index (χ1n) is 12.2. The van der Waals surface area contributed by atoms with E-state index in [1.807, 2.05) is 49.4 Å². The minimum Gasteiger partial charge on any atom is -0.481 e. The average molecular weight is 518 g/mol. The van der Waals surface area contributed by atoms with Crippen LogP contribution in [0.25, 0.3) is 10.8 Å². The minimum atomic E-state index is -3.91. The lowest BCUT2D eigenvalue weighted by atomic mass is 9.91. The molecule has 0 aliphatic rings. The Morgan fingerprint density at radius 1 is 1.00 bits per heavy atom. The zero-order valence-corrected chi connectivity index (χ0v) is 22.0. The predicted molar refractivity (Wildman–Crippen MR) is 146 cm³/mol. The van der Waals surface area contributed by atoms with Crippen molar-refractivity contribution in [3.05, 3.63) is 96.2 Å². The van der Waals surface area contributed by atoms with Crippen LogP contribution in [0.4, 0.5) is 5.69 Å². The molecule has 37 heavy (non-hydrogen) atoms. The average Bonchev–Trinajstić information content (AvgIpc) is 2.92. The lowest BCUT2D eigenvalue weighted by Crippen LogP contribution is -2.40. The van der Waals surface area contributed by atoms with Crippen LogP contribution in [-0.2, 0) is 14.8 Å². The lowest BCUT2D eigenvalue weighted by Gasteiger charge is -2.26. The maximum Gasteiger partial charge on any atom is 0.264 e. The van der Waals surface area contributed by atoms with Crippen molar-refractivity contribution in [2.75, 3.05) is 24.5 Å². The summed E-state index contributed by atoms with van der Waals surface area (Å²) in [4.78, 5) is 17.7. The molecule has 4 aromatic rings. The highest BCUT2D eigenvalue weighted by Gasteiger charge is 2.27. The first-order valence-corrected chi connectivity index (χ1v) is 13.6. The summed E-state index contributed by atoms with van der Waals surface area (Å²) in [6.45, 7) is 3.92. The molecule has 1 N–H and O–H groups in total. The zero-order chi connectivity index (χ0) is 26.4. The van der Waals surface area contributed by atoms with Gasteiger partial charge in [0.25, 0.3) is 10.0 Å². The van der Waals surface area contributed by atoms with Crippen molar-refractivity contribution in [3.8, 4) is 5.88 Å². The third-order valence-electron chi connectivity index (χ3n) is 6.42. The number of methoxy groups -OCH3 is 1. The standard InChI is InChI=1S/C29H31N3O4S/c1-4-24(26-14-9-12-22-11-6-7-13-25(22)26)29(33)30-18-19-32(23-16-17-28(36-3)31-20-23)37(34,35)27-15-8-5-10-21(27)2/h5-17,20,24H,4,18-19H2,1-3H3,(H,30,33). The number of amides is 1. The van der Waals surface area contributed by atoms with Gasteiger partial charge in [-0.25, -0.2) is 13.4 Å². The van der Waals surface area contributed by atoms with E-state index < -0.39 is 10.0 Å². The topological polar surface area (TPSA) is 88.6 Å². The monoisotopic (exact) mass is 517 g/mol. The van der Waals surface area contributed by atoms with Crippen molar-refractivity contribution in [1.29, 1.82) is 0 Å². The Hall–Kier alpha value is -3.91. The fourth-order valence-corrected chi connectivity index (χ4v) is 6.18. The van der Waals surface area contributed by atoms with E-state index in [2.05, 4.69) is 10.3 Å². The van der Waals surface area contributed by atoms with Gasteiger partial charge in [-0.15, -0.1) is 0 Å². The van der Waals surface area contributed by atoms with Crippen LogP contribution in [0.5, 0.6) is 5.88 Å². The number of hydrogen-bond acceptors (Lipinski definition) is 5. The van der Waals surface area contributed by atoms with Gasteiger partial charge in [-0.05, 0) is 47.4 Å².